The molecule has 0 bridgehead atoms. The van der Waals surface area contributed by atoms with E-state index >= 15 is 0 Å². The van der Waals surface area contributed by atoms with Crippen molar-refractivity contribution in [1.29, 1.82) is 0 Å². The minimum atomic E-state index is 0.362. The van der Waals surface area contributed by atoms with E-state index in [0.29, 0.717) is 5.91 Å². The molecule has 0 radical (unpaired) electrons. The van der Waals surface area contributed by atoms with Gasteiger partial charge in [0, 0.05) is 29.1 Å². The molecular formula is C18H29N2OS+. The van der Waals surface area contributed by atoms with Gasteiger partial charge in [-0.25, -0.2) is 0 Å². The summed E-state index contributed by atoms with van der Waals surface area (Å²) in [6.45, 7) is 2.03. The van der Waals surface area contributed by atoms with E-state index in [1.807, 2.05) is 11.3 Å². The van der Waals surface area contributed by atoms with Crippen LogP contribution in [0.1, 0.15) is 53.8 Å². The molecule has 3 rings (SSSR count). The maximum absolute atomic E-state index is 12.7. The zero-order chi connectivity index (χ0) is 15.5. The van der Waals surface area contributed by atoms with Crippen LogP contribution in [0.3, 0.4) is 0 Å². The molecule has 4 heteroatoms. The number of nitrogens with one attached hydrogen (secondary N) is 1. The van der Waals surface area contributed by atoms with E-state index < -0.39 is 0 Å². The summed E-state index contributed by atoms with van der Waals surface area (Å²) in [6, 6.07) is 0. The van der Waals surface area contributed by atoms with Gasteiger partial charge in [0.2, 0.25) is 5.91 Å². The SMILES string of the molecule is C[NH+](C)CCCN1C(=O)CCCCc2sc3c(c21)CCCC3. The summed E-state index contributed by atoms with van der Waals surface area (Å²) in [7, 11) is 4.38. The largest absolute Gasteiger partial charge is 0.340 e. The number of amides is 1. The Kier molecular flexibility index (Phi) is 5.19. The lowest BCUT2D eigenvalue weighted by molar-refractivity contribution is -0.858. The average molecular weight is 322 g/mol. The highest BCUT2D eigenvalue weighted by atomic mass is 32.1. The minimum absolute atomic E-state index is 0.362. The van der Waals surface area contributed by atoms with Crippen molar-refractivity contribution in [3.63, 3.8) is 0 Å². The topological polar surface area (TPSA) is 24.8 Å². The molecule has 0 unspecified atom stereocenters. The Morgan fingerprint density at radius 1 is 1.00 bits per heavy atom. The van der Waals surface area contributed by atoms with Gasteiger partial charge in [-0.15, -0.1) is 11.3 Å². The maximum atomic E-state index is 12.7. The van der Waals surface area contributed by atoms with E-state index in [9.17, 15) is 4.79 Å². The fraction of sp³-hybridized carbons (Fsp3) is 0.722. The van der Waals surface area contributed by atoms with Crippen molar-refractivity contribution < 1.29 is 9.69 Å². The molecule has 1 amide bonds. The summed E-state index contributed by atoms with van der Waals surface area (Å²) < 4.78 is 0. The van der Waals surface area contributed by atoms with Gasteiger partial charge < -0.3 is 9.80 Å². The summed E-state index contributed by atoms with van der Waals surface area (Å²) >= 11 is 2.01. The molecule has 1 aliphatic heterocycles. The maximum Gasteiger partial charge on any atom is 0.227 e. The lowest BCUT2D eigenvalue weighted by Gasteiger charge is -2.28. The Morgan fingerprint density at radius 3 is 2.45 bits per heavy atom. The number of nitrogens with zero attached hydrogens (tertiary/aromatic N) is 1. The predicted octanol–water partition coefficient (Wildman–Crippen LogP) is 2.22. The number of hydrogen-bond donors (Lipinski definition) is 1. The summed E-state index contributed by atoms with van der Waals surface area (Å²) in [5, 5.41) is 0. The van der Waals surface area contributed by atoms with Crippen molar-refractivity contribution in [1.82, 2.24) is 0 Å². The van der Waals surface area contributed by atoms with Gasteiger partial charge in [0.1, 0.15) is 0 Å². The van der Waals surface area contributed by atoms with E-state index in [4.69, 9.17) is 0 Å². The number of hydrogen-bond acceptors (Lipinski definition) is 2. The van der Waals surface area contributed by atoms with Crippen LogP contribution in [0.15, 0.2) is 0 Å². The van der Waals surface area contributed by atoms with E-state index in [0.717, 1.165) is 32.4 Å². The fourth-order valence-corrected chi connectivity index (χ4v) is 5.18. The first kappa shape index (κ1) is 16.0. The summed E-state index contributed by atoms with van der Waals surface area (Å²) in [4.78, 5) is 19.4. The third kappa shape index (κ3) is 3.38. The van der Waals surface area contributed by atoms with E-state index in [-0.39, 0.29) is 0 Å². The number of thiophene rings is 1. The van der Waals surface area contributed by atoms with Crippen molar-refractivity contribution in [2.75, 3.05) is 32.1 Å². The highest BCUT2D eigenvalue weighted by Gasteiger charge is 2.28. The Morgan fingerprint density at radius 2 is 1.68 bits per heavy atom. The molecule has 2 heterocycles. The van der Waals surface area contributed by atoms with Crippen LogP contribution < -0.4 is 9.80 Å². The van der Waals surface area contributed by atoms with Crippen LogP contribution in [0.4, 0.5) is 5.69 Å². The Hall–Kier alpha value is -0.870. The van der Waals surface area contributed by atoms with Gasteiger partial charge in [-0.05, 0) is 50.5 Å². The monoisotopic (exact) mass is 321 g/mol. The van der Waals surface area contributed by atoms with Crippen LogP contribution in [0.25, 0.3) is 0 Å². The zero-order valence-electron chi connectivity index (χ0n) is 14.0. The van der Waals surface area contributed by atoms with Crippen molar-refractivity contribution in [2.45, 2.75) is 57.8 Å². The second-order valence-electron chi connectivity index (χ2n) is 7.05. The van der Waals surface area contributed by atoms with E-state index in [1.54, 1.807) is 4.88 Å². The van der Waals surface area contributed by atoms with Gasteiger partial charge in [0.25, 0.3) is 0 Å². The molecule has 0 atom stereocenters. The highest BCUT2D eigenvalue weighted by Crippen LogP contribution is 2.42. The van der Waals surface area contributed by atoms with Crippen LogP contribution in [0.5, 0.6) is 0 Å². The number of anilines is 1. The first-order valence-electron chi connectivity index (χ1n) is 8.89. The molecule has 1 aromatic heterocycles. The van der Waals surface area contributed by atoms with Crippen LogP contribution in [0.2, 0.25) is 0 Å². The standard InChI is InChI=1S/C18H28N2OS/c1-19(2)12-7-13-20-17(21)11-6-5-10-16-18(20)14-8-3-4-9-15(14)22-16/h3-13H2,1-2H3/p+1. The third-order valence-electron chi connectivity index (χ3n) is 4.89. The fourth-order valence-electron chi connectivity index (χ4n) is 3.74. The van der Waals surface area contributed by atoms with Gasteiger partial charge in [0.15, 0.2) is 0 Å². The second kappa shape index (κ2) is 7.14. The van der Waals surface area contributed by atoms with Crippen molar-refractivity contribution in [3.8, 4) is 0 Å². The number of rotatable bonds is 4. The molecule has 0 aromatic carbocycles. The van der Waals surface area contributed by atoms with Crippen molar-refractivity contribution in [3.05, 3.63) is 15.3 Å². The van der Waals surface area contributed by atoms with Gasteiger partial charge in [0.05, 0.1) is 26.3 Å². The molecule has 3 nitrogen and oxygen atoms in total. The first-order valence-corrected chi connectivity index (χ1v) is 9.71. The van der Waals surface area contributed by atoms with Crippen LogP contribution in [-0.2, 0) is 24.1 Å². The molecule has 22 heavy (non-hydrogen) atoms. The van der Waals surface area contributed by atoms with Gasteiger partial charge in [-0.3, -0.25) is 4.79 Å². The summed E-state index contributed by atoms with van der Waals surface area (Å²) in [5.74, 6) is 0.362. The van der Waals surface area contributed by atoms with E-state index in [2.05, 4.69) is 19.0 Å². The molecule has 0 spiro atoms. The minimum Gasteiger partial charge on any atom is -0.340 e. The zero-order valence-corrected chi connectivity index (χ0v) is 14.9. The van der Waals surface area contributed by atoms with Crippen LogP contribution in [0, 0.1) is 0 Å². The first-order chi connectivity index (χ1) is 10.7. The Labute approximate surface area is 138 Å². The Balaban J connectivity index is 1.89. The lowest BCUT2D eigenvalue weighted by Crippen LogP contribution is -3.05. The Bertz CT molecular complexity index is 535. The predicted molar refractivity (Wildman–Crippen MR) is 93.2 cm³/mol. The number of quaternary nitrogens is 1. The molecule has 0 fully saturated rings. The van der Waals surface area contributed by atoms with Crippen LogP contribution >= 0.6 is 11.3 Å². The normalized spacial score (nSPS) is 18.9. The van der Waals surface area contributed by atoms with E-state index in [1.165, 1.54) is 59.6 Å². The smallest absolute Gasteiger partial charge is 0.227 e. The molecular weight excluding hydrogens is 292 g/mol. The second-order valence-corrected chi connectivity index (χ2v) is 8.24. The molecule has 2 aliphatic rings. The summed E-state index contributed by atoms with van der Waals surface area (Å²) in [5.41, 5.74) is 2.87. The number of carbonyl (C=O) groups is 1. The lowest BCUT2D eigenvalue weighted by atomic mass is 9.95. The number of carbonyl (C=O) groups excluding carboxylic acids is 1. The third-order valence-corrected chi connectivity index (χ3v) is 6.23. The highest BCUT2D eigenvalue weighted by molar-refractivity contribution is 7.12. The quantitative estimate of drug-likeness (QED) is 0.904. The molecule has 0 saturated carbocycles. The van der Waals surface area contributed by atoms with Gasteiger partial charge >= 0.3 is 0 Å². The molecule has 1 aromatic rings. The molecule has 1 aliphatic carbocycles. The molecule has 0 saturated heterocycles. The average Bonchev–Trinajstić information content (AvgIpc) is 2.84. The van der Waals surface area contributed by atoms with Gasteiger partial charge in [-0.1, -0.05) is 0 Å². The van der Waals surface area contributed by atoms with Gasteiger partial charge in [-0.2, -0.15) is 0 Å². The van der Waals surface area contributed by atoms with Crippen LogP contribution in [-0.4, -0.2) is 33.1 Å². The molecule has 122 valence electrons. The molecule has 1 N–H and O–H groups in total. The van der Waals surface area contributed by atoms with Crippen molar-refractivity contribution >= 4 is 22.9 Å². The van der Waals surface area contributed by atoms with Crippen molar-refractivity contribution in [2.24, 2.45) is 0 Å². The number of fused-ring (bicyclic) bond motifs is 3. The summed E-state index contributed by atoms with van der Waals surface area (Å²) in [6.07, 6.45) is 10.3. The number of aryl methyl sites for hydroxylation is 2.